The second-order valence-corrected chi connectivity index (χ2v) is 6.79. The number of rotatable bonds is 3. The predicted molar refractivity (Wildman–Crippen MR) is 103 cm³/mol. The first-order chi connectivity index (χ1) is 12.0. The first-order valence-electron chi connectivity index (χ1n) is 7.64. The molecule has 1 fully saturated rings. The zero-order valence-electron chi connectivity index (χ0n) is 13.2. The van der Waals surface area contributed by atoms with E-state index in [0.717, 1.165) is 18.8 Å². The Balaban J connectivity index is 1.86. The van der Waals surface area contributed by atoms with Crippen molar-refractivity contribution in [3.63, 3.8) is 0 Å². The Morgan fingerprint density at radius 3 is 2.44 bits per heavy atom. The van der Waals surface area contributed by atoms with Crippen LogP contribution < -0.4 is 16.0 Å². The lowest BCUT2D eigenvalue weighted by molar-refractivity contribution is 0.102. The SMILES string of the molecule is Nc1cc(Cl)c(NC(=O)c2ccc(Cl)c(Cl)c2)cc1N1CCOCC1. The molecule has 1 saturated heterocycles. The Morgan fingerprint density at radius 2 is 1.76 bits per heavy atom. The van der Waals surface area contributed by atoms with Crippen LogP contribution >= 0.6 is 34.8 Å². The van der Waals surface area contributed by atoms with Gasteiger partial charge in [-0.2, -0.15) is 0 Å². The average molecular weight is 401 g/mol. The maximum Gasteiger partial charge on any atom is 0.255 e. The number of carbonyl (C=O) groups excluding carboxylic acids is 1. The van der Waals surface area contributed by atoms with Crippen LogP contribution in [0.5, 0.6) is 0 Å². The fourth-order valence-electron chi connectivity index (χ4n) is 2.58. The van der Waals surface area contributed by atoms with E-state index in [2.05, 4.69) is 10.2 Å². The molecule has 0 bridgehead atoms. The van der Waals surface area contributed by atoms with Crippen molar-refractivity contribution in [3.8, 4) is 0 Å². The minimum Gasteiger partial charge on any atom is -0.397 e. The number of ether oxygens (including phenoxy) is 1. The molecule has 8 heteroatoms. The predicted octanol–water partition coefficient (Wildman–Crippen LogP) is 4.32. The van der Waals surface area contributed by atoms with E-state index in [0.29, 0.717) is 45.2 Å². The molecule has 1 aliphatic heterocycles. The molecule has 0 atom stereocenters. The van der Waals surface area contributed by atoms with E-state index in [-0.39, 0.29) is 5.91 Å². The summed E-state index contributed by atoms with van der Waals surface area (Å²) in [5, 5.41) is 3.86. The Morgan fingerprint density at radius 1 is 1.04 bits per heavy atom. The number of amides is 1. The Kier molecular flexibility index (Phi) is 5.59. The number of anilines is 3. The van der Waals surface area contributed by atoms with Crippen LogP contribution in [0.4, 0.5) is 17.1 Å². The minimum absolute atomic E-state index is 0.312. The van der Waals surface area contributed by atoms with Gasteiger partial charge in [-0.1, -0.05) is 34.8 Å². The largest absolute Gasteiger partial charge is 0.397 e. The number of nitrogens with one attached hydrogen (secondary N) is 1. The van der Waals surface area contributed by atoms with Crippen molar-refractivity contribution in [2.75, 3.05) is 42.3 Å². The van der Waals surface area contributed by atoms with Gasteiger partial charge in [0.25, 0.3) is 5.91 Å². The molecule has 2 aromatic rings. The lowest BCUT2D eigenvalue weighted by Crippen LogP contribution is -2.36. The van der Waals surface area contributed by atoms with E-state index in [9.17, 15) is 4.79 Å². The van der Waals surface area contributed by atoms with Gasteiger partial charge in [-0.3, -0.25) is 4.79 Å². The number of benzene rings is 2. The summed E-state index contributed by atoms with van der Waals surface area (Å²) in [5.74, 6) is -0.335. The molecular formula is C17H16Cl3N3O2. The van der Waals surface area contributed by atoms with Gasteiger partial charge in [0, 0.05) is 18.7 Å². The molecular weight excluding hydrogens is 385 g/mol. The molecule has 1 heterocycles. The maximum atomic E-state index is 12.5. The summed E-state index contributed by atoms with van der Waals surface area (Å²) in [6, 6.07) is 8.09. The van der Waals surface area contributed by atoms with Gasteiger partial charge in [0.2, 0.25) is 0 Å². The van der Waals surface area contributed by atoms with Crippen LogP contribution in [0, 0.1) is 0 Å². The summed E-state index contributed by atoms with van der Waals surface area (Å²) in [4.78, 5) is 14.6. The summed E-state index contributed by atoms with van der Waals surface area (Å²) in [6.45, 7) is 2.72. The van der Waals surface area contributed by atoms with Crippen molar-refractivity contribution in [2.24, 2.45) is 0 Å². The van der Waals surface area contributed by atoms with Gasteiger partial charge < -0.3 is 20.7 Å². The lowest BCUT2D eigenvalue weighted by Gasteiger charge is -2.30. The molecule has 3 N–H and O–H groups in total. The normalized spacial score (nSPS) is 14.4. The van der Waals surface area contributed by atoms with Gasteiger partial charge in [0.15, 0.2) is 0 Å². The monoisotopic (exact) mass is 399 g/mol. The van der Waals surface area contributed by atoms with Gasteiger partial charge in [-0.25, -0.2) is 0 Å². The van der Waals surface area contributed by atoms with Crippen LogP contribution in [0.3, 0.4) is 0 Å². The number of hydrogen-bond acceptors (Lipinski definition) is 4. The van der Waals surface area contributed by atoms with Crippen LogP contribution in [0.25, 0.3) is 0 Å². The van der Waals surface area contributed by atoms with Crippen molar-refractivity contribution in [1.82, 2.24) is 0 Å². The Bertz CT molecular complexity index is 808. The van der Waals surface area contributed by atoms with Crippen LogP contribution in [0.1, 0.15) is 10.4 Å². The number of nitrogens with zero attached hydrogens (tertiary/aromatic N) is 1. The number of hydrogen-bond donors (Lipinski definition) is 2. The van der Waals surface area contributed by atoms with Crippen LogP contribution in [-0.2, 0) is 4.74 Å². The van der Waals surface area contributed by atoms with Gasteiger partial charge >= 0.3 is 0 Å². The smallest absolute Gasteiger partial charge is 0.255 e. The number of nitrogen functional groups attached to an aromatic ring is 1. The average Bonchev–Trinajstić information content (AvgIpc) is 2.60. The zero-order chi connectivity index (χ0) is 18.0. The van der Waals surface area contributed by atoms with Crippen LogP contribution in [0.15, 0.2) is 30.3 Å². The summed E-state index contributed by atoms with van der Waals surface area (Å²) in [5.41, 5.74) is 8.32. The third-order valence-electron chi connectivity index (χ3n) is 3.90. The molecule has 5 nitrogen and oxygen atoms in total. The standard InChI is InChI=1S/C17H16Cl3N3O2/c18-11-2-1-10(7-12(11)19)17(24)22-15-9-16(14(21)8-13(15)20)23-3-5-25-6-4-23/h1-2,7-9H,3-6,21H2,(H,22,24). The van der Waals surface area contributed by atoms with E-state index < -0.39 is 0 Å². The van der Waals surface area contributed by atoms with E-state index >= 15 is 0 Å². The van der Waals surface area contributed by atoms with E-state index in [4.69, 9.17) is 45.3 Å². The first kappa shape index (κ1) is 18.1. The molecule has 0 radical (unpaired) electrons. The van der Waals surface area contributed by atoms with E-state index in [1.54, 1.807) is 24.3 Å². The summed E-state index contributed by atoms with van der Waals surface area (Å²) >= 11 is 18.1. The van der Waals surface area contributed by atoms with Crippen LogP contribution in [0.2, 0.25) is 15.1 Å². The molecule has 2 aromatic carbocycles. The molecule has 0 unspecified atom stereocenters. The highest BCUT2D eigenvalue weighted by atomic mass is 35.5. The van der Waals surface area contributed by atoms with Crippen molar-refractivity contribution >= 4 is 57.8 Å². The number of halogens is 3. The fourth-order valence-corrected chi connectivity index (χ4v) is 3.10. The van der Waals surface area contributed by atoms with Crippen molar-refractivity contribution in [1.29, 1.82) is 0 Å². The second kappa shape index (κ2) is 7.70. The molecule has 1 aliphatic rings. The summed E-state index contributed by atoms with van der Waals surface area (Å²) < 4.78 is 5.36. The van der Waals surface area contributed by atoms with Crippen molar-refractivity contribution < 1.29 is 9.53 Å². The second-order valence-electron chi connectivity index (χ2n) is 5.57. The topological polar surface area (TPSA) is 67.6 Å². The highest BCUT2D eigenvalue weighted by molar-refractivity contribution is 6.42. The number of nitrogens with two attached hydrogens (primary N) is 1. The molecule has 0 spiro atoms. The minimum atomic E-state index is -0.335. The third-order valence-corrected chi connectivity index (χ3v) is 4.95. The van der Waals surface area contributed by atoms with Gasteiger partial charge in [-0.05, 0) is 30.3 Å². The fraction of sp³-hybridized carbons (Fsp3) is 0.235. The molecule has 0 aromatic heterocycles. The van der Waals surface area contributed by atoms with Gasteiger partial charge in [0.05, 0.1) is 45.3 Å². The molecule has 0 aliphatic carbocycles. The maximum absolute atomic E-state index is 12.5. The molecule has 3 rings (SSSR count). The highest BCUT2D eigenvalue weighted by Gasteiger charge is 2.17. The quantitative estimate of drug-likeness (QED) is 0.753. The van der Waals surface area contributed by atoms with Crippen molar-refractivity contribution in [3.05, 3.63) is 51.0 Å². The van der Waals surface area contributed by atoms with Crippen LogP contribution in [-0.4, -0.2) is 32.2 Å². The number of morpholine rings is 1. The van der Waals surface area contributed by atoms with Gasteiger partial charge in [-0.15, -0.1) is 0 Å². The Hall–Kier alpha value is -1.66. The third kappa shape index (κ3) is 4.12. The van der Waals surface area contributed by atoms with Crippen molar-refractivity contribution in [2.45, 2.75) is 0 Å². The zero-order valence-corrected chi connectivity index (χ0v) is 15.5. The van der Waals surface area contributed by atoms with E-state index in [1.807, 2.05) is 0 Å². The molecule has 132 valence electrons. The Labute approximate surface area is 160 Å². The molecule has 1 amide bonds. The molecule has 0 saturated carbocycles. The first-order valence-corrected chi connectivity index (χ1v) is 8.77. The van der Waals surface area contributed by atoms with E-state index in [1.165, 1.54) is 6.07 Å². The lowest BCUT2D eigenvalue weighted by atomic mass is 10.1. The summed E-state index contributed by atoms with van der Waals surface area (Å²) in [7, 11) is 0. The summed E-state index contributed by atoms with van der Waals surface area (Å²) in [6.07, 6.45) is 0. The highest BCUT2D eigenvalue weighted by Crippen LogP contribution is 2.34. The van der Waals surface area contributed by atoms with Gasteiger partial charge in [0.1, 0.15) is 0 Å². The molecule has 25 heavy (non-hydrogen) atoms. The number of carbonyl (C=O) groups is 1.